The molecule has 1 fully saturated rings. The third-order valence-electron chi connectivity index (χ3n) is 4.22. The van der Waals surface area contributed by atoms with Gasteiger partial charge in [0.25, 0.3) is 0 Å². The van der Waals surface area contributed by atoms with Gasteiger partial charge in [-0.1, -0.05) is 13.8 Å². The van der Waals surface area contributed by atoms with E-state index in [2.05, 4.69) is 31.0 Å². The number of aliphatic hydroxyl groups is 1. The number of likely N-dealkylation sites (tertiary alicyclic amines) is 1. The van der Waals surface area contributed by atoms with E-state index >= 15 is 0 Å². The molecule has 1 aliphatic rings. The summed E-state index contributed by atoms with van der Waals surface area (Å²) in [6, 6.07) is 0.515. The summed E-state index contributed by atoms with van der Waals surface area (Å²) in [6.07, 6.45) is 2.52. The molecular formula is C14H30N2O2. The molecule has 0 spiro atoms. The summed E-state index contributed by atoms with van der Waals surface area (Å²) < 4.78 is 5.59. The lowest BCUT2D eigenvalue weighted by Crippen LogP contribution is -2.48. The first-order valence-corrected chi connectivity index (χ1v) is 7.11. The first-order chi connectivity index (χ1) is 8.49. The Bertz CT molecular complexity index is 226. The smallest absolute Gasteiger partial charge is 0.0701 e. The number of nitrogens with zero attached hydrogens (tertiary/aromatic N) is 1. The first-order valence-electron chi connectivity index (χ1n) is 7.11. The molecule has 1 saturated heterocycles. The molecule has 1 atom stereocenters. The number of hydrogen-bond donors (Lipinski definition) is 2. The highest BCUT2D eigenvalue weighted by Gasteiger charge is 2.29. The van der Waals surface area contributed by atoms with E-state index in [0.717, 1.165) is 32.5 Å². The van der Waals surface area contributed by atoms with Gasteiger partial charge in [-0.05, 0) is 32.2 Å². The lowest BCUT2D eigenvalue weighted by atomic mass is 9.84. The molecule has 0 aromatic rings. The minimum Gasteiger partial charge on any atom is -0.394 e. The largest absolute Gasteiger partial charge is 0.394 e. The van der Waals surface area contributed by atoms with Crippen molar-refractivity contribution in [3.05, 3.63) is 0 Å². The highest BCUT2D eigenvalue weighted by atomic mass is 16.5. The lowest BCUT2D eigenvalue weighted by Gasteiger charge is -2.40. The molecule has 4 nitrogen and oxygen atoms in total. The molecule has 2 N–H and O–H groups in total. The second-order valence-corrected chi connectivity index (χ2v) is 6.07. The van der Waals surface area contributed by atoms with Gasteiger partial charge in [0.2, 0.25) is 0 Å². The van der Waals surface area contributed by atoms with E-state index in [1.807, 2.05) is 7.05 Å². The van der Waals surface area contributed by atoms with Crippen LogP contribution < -0.4 is 5.32 Å². The molecule has 0 radical (unpaired) electrons. The molecule has 108 valence electrons. The van der Waals surface area contributed by atoms with Crippen LogP contribution in [0.25, 0.3) is 0 Å². The normalized spacial score (nSPS) is 21.2. The zero-order valence-electron chi connectivity index (χ0n) is 12.4. The second kappa shape index (κ2) is 7.43. The van der Waals surface area contributed by atoms with Crippen molar-refractivity contribution >= 4 is 0 Å². The molecule has 0 saturated carbocycles. The van der Waals surface area contributed by atoms with Crippen LogP contribution in [0.2, 0.25) is 0 Å². The summed E-state index contributed by atoms with van der Waals surface area (Å²) in [5.41, 5.74) is 0.285. The molecule has 0 aromatic carbocycles. The zero-order valence-corrected chi connectivity index (χ0v) is 12.4. The number of hydrogen-bond acceptors (Lipinski definition) is 4. The molecule has 0 aromatic heterocycles. The number of rotatable bonds is 7. The van der Waals surface area contributed by atoms with Crippen molar-refractivity contribution in [1.29, 1.82) is 0 Å². The van der Waals surface area contributed by atoms with Gasteiger partial charge in [-0.25, -0.2) is 0 Å². The molecule has 1 unspecified atom stereocenters. The van der Waals surface area contributed by atoms with Crippen molar-refractivity contribution in [3.8, 4) is 0 Å². The summed E-state index contributed by atoms with van der Waals surface area (Å²) in [6.45, 7) is 10.8. The van der Waals surface area contributed by atoms with Crippen LogP contribution in [0.15, 0.2) is 0 Å². The Kier molecular flexibility index (Phi) is 6.57. The molecule has 0 amide bonds. The van der Waals surface area contributed by atoms with E-state index in [-0.39, 0.29) is 12.0 Å². The predicted octanol–water partition coefficient (Wildman–Crippen LogP) is 1.09. The minimum absolute atomic E-state index is 0.132. The maximum absolute atomic E-state index is 8.75. The Morgan fingerprint density at radius 2 is 2.00 bits per heavy atom. The van der Waals surface area contributed by atoms with Gasteiger partial charge in [0.15, 0.2) is 0 Å². The Balaban J connectivity index is 2.30. The fourth-order valence-electron chi connectivity index (χ4n) is 2.56. The summed E-state index contributed by atoms with van der Waals surface area (Å²) in [5, 5.41) is 12.1. The number of nitrogens with one attached hydrogen (secondary N) is 1. The number of piperidine rings is 1. The van der Waals surface area contributed by atoms with Crippen LogP contribution in [0.4, 0.5) is 0 Å². The Morgan fingerprint density at radius 1 is 1.39 bits per heavy atom. The monoisotopic (exact) mass is 258 g/mol. The van der Waals surface area contributed by atoms with Crippen molar-refractivity contribution in [2.45, 2.75) is 45.8 Å². The third-order valence-corrected chi connectivity index (χ3v) is 4.22. The van der Waals surface area contributed by atoms with E-state index in [9.17, 15) is 0 Å². The van der Waals surface area contributed by atoms with Gasteiger partial charge in [-0.2, -0.15) is 0 Å². The summed E-state index contributed by atoms with van der Waals surface area (Å²) in [7, 11) is 2.03. The molecule has 1 rings (SSSR count). The van der Waals surface area contributed by atoms with Crippen LogP contribution in [-0.2, 0) is 4.74 Å². The van der Waals surface area contributed by atoms with Gasteiger partial charge in [0, 0.05) is 25.7 Å². The SMILES string of the molecule is CNC(C)C(C)(C)CN1CCC(OCCO)CC1. The van der Waals surface area contributed by atoms with Crippen LogP contribution in [0.3, 0.4) is 0 Å². The van der Waals surface area contributed by atoms with Gasteiger partial charge in [-0.15, -0.1) is 0 Å². The summed E-state index contributed by atoms with van der Waals surface area (Å²) >= 11 is 0. The van der Waals surface area contributed by atoms with E-state index in [0.29, 0.717) is 18.8 Å². The molecule has 1 heterocycles. The minimum atomic E-state index is 0.132. The summed E-state index contributed by atoms with van der Waals surface area (Å²) in [5.74, 6) is 0. The van der Waals surface area contributed by atoms with Gasteiger partial charge >= 0.3 is 0 Å². The molecular weight excluding hydrogens is 228 g/mol. The predicted molar refractivity (Wildman–Crippen MR) is 74.8 cm³/mol. The Morgan fingerprint density at radius 3 is 2.50 bits per heavy atom. The third kappa shape index (κ3) is 4.84. The van der Waals surface area contributed by atoms with E-state index in [1.165, 1.54) is 0 Å². The fourth-order valence-corrected chi connectivity index (χ4v) is 2.56. The lowest BCUT2D eigenvalue weighted by molar-refractivity contribution is -0.0145. The van der Waals surface area contributed by atoms with E-state index in [4.69, 9.17) is 9.84 Å². The van der Waals surface area contributed by atoms with Gasteiger partial charge in [0.1, 0.15) is 0 Å². The first kappa shape index (κ1) is 15.9. The Hall–Kier alpha value is -0.160. The maximum atomic E-state index is 8.75. The van der Waals surface area contributed by atoms with Crippen LogP contribution in [0, 0.1) is 5.41 Å². The van der Waals surface area contributed by atoms with Crippen LogP contribution in [-0.4, -0.2) is 62.0 Å². The fraction of sp³-hybridized carbons (Fsp3) is 1.00. The Labute approximate surface area is 112 Å². The highest BCUT2D eigenvalue weighted by Crippen LogP contribution is 2.24. The maximum Gasteiger partial charge on any atom is 0.0701 e. The molecule has 4 heteroatoms. The van der Waals surface area contributed by atoms with Crippen LogP contribution >= 0.6 is 0 Å². The average Bonchev–Trinajstić information content (AvgIpc) is 2.36. The molecule has 0 aliphatic carbocycles. The van der Waals surface area contributed by atoms with E-state index in [1.54, 1.807) is 0 Å². The van der Waals surface area contributed by atoms with Crippen molar-refractivity contribution in [2.75, 3.05) is 39.9 Å². The van der Waals surface area contributed by atoms with Gasteiger partial charge in [-0.3, -0.25) is 0 Å². The van der Waals surface area contributed by atoms with Crippen LogP contribution in [0.1, 0.15) is 33.6 Å². The van der Waals surface area contributed by atoms with Crippen molar-refractivity contribution in [2.24, 2.45) is 5.41 Å². The second-order valence-electron chi connectivity index (χ2n) is 6.07. The molecule has 0 bridgehead atoms. The van der Waals surface area contributed by atoms with Crippen molar-refractivity contribution in [1.82, 2.24) is 10.2 Å². The van der Waals surface area contributed by atoms with Gasteiger partial charge in [0.05, 0.1) is 19.3 Å². The highest BCUT2D eigenvalue weighted by molar-refractivity contribution is 4.85. The standard InChI is InChI=1S/C14H30N2O2/c1-12(15-4)14(2,3)11-16-7-5-13(6-8-16)18-10-9-17/h12-13,15,17H,5-11H2,1-4H3. The molecule has 1 aliphatic heterocycles. The van der Waals surface area contributed by atoms with Gasteiger partial charge < -0.3 is 20.1 Å². The quantitative estimate of drug-likeness (QED) is 0.717. The van der Waals surface area contributed by atoms with Crippen molar-refractivity contribution in [3.63, 3.8) is 0 Å². The zero-order chi connectivity index (χ0) is 13.6. The van der Waals surface area contributed by atoms with Crippen molar-refractivity contribution < 1.29 is 9.84 Å². The number of aliphatic hydroxyl groups excluding tert-OH is 1. The summed E-state index contributed by atoms with van der Waals surface area (Å²) in [4.78, 5) is 2.53. The topological polar surface area (TPSA) is 44.7 Å². The molecule has 18 heavy (non-hydrogen) atoms. The van der Waals surface area contributed by atoms with E-state index < -0.39 is 0 Å². The van der Waals surface area contributed by atoms with Crippen LogP contribution in [0.5, 0.6) is 0 Å². The average molecular weight is 258 g/mol. The number of ether oxygens (including phenoxy) is 1.